The van der Waals surface area contributed by atoms with Gasteiger partial charge in [-0.25, -0.2) is 0 Å². The summed E-state index contributed by atoms with van der Waals surface area (Å²) in [4.78, 5) is 0. The zero-order valence-electron chi connectivity index (χ0n) is 15.6. The Balaban J connectivity index is 1.98. The number of aromatic nitrogens is 1. The zero-order valence-corrected chi connectivity index (χ0v) is 15.6. The van der Waals surface area contributed by atoms with Crippen LogP contribution >= 0.6 is 0 Å². The first-order chi connectivity index (χ1) is 12.2. The fraction of sp³-hybridized carbons (Fsp3) is 0.333. The van der Waals surface area contributed by atoms with Crippen LogP contribution in [-0.2, 0) is 13.5 Å². The van der Waals surface area contributed by atoms with Gasteiger partial charge in [-0.2, -0.15) is 0 Å². The highest BCUT2D eigenvalue weighted by atomic mass is 14.9. The molecule has 0 fully saturated rings. The number of hydrogen-bond acceptors (Lipinski definition) is 0. The van der Waals surface area contributed by atoms with E-state index >= 15 is 0 Å². The molecular weight excluding hydrogens is 302 g/mol. The first-order valence-electron chi connectivity index (χ1n) is 9.35. The van der Waals surface area contributed by atoms with E-state index in [4.69, 9.17) is 0 Å². The molecule has 0 atom stereocenters. The number of aryl methyl sites for hydroxylation is 2. The van der Waals surface area contributed by atoms with Crippen molar-refractivity contribution in [2.24, 2.45) is 7.05 Å². The SMILES string of the molecule is CCCCCCc1c(C#Cc2ccc(C)cc2)c2ccccc2n1C. The molecule has 1 heteroatoms. The van der Waals surface area contributed by atoms with E-state index in [9.17, 15) is 0 Å². The van der Waals surface area contributed by atoms with Crippen LogP contribution < -0.4 is 0 Å². The summed E-state index contributed by atoms with van der Waals surface area (Å²) in [7, 11) is 2.18. The van der Waals surface area contributed by atoms with Crippen molar-refractivity contribution in [3.05, 3.63) is 70.9 Å². The molecule has 0 radical (unpaired) electrons. The van der Waals surface area contributed by atoms with Gasteiger partial charge in [0.05, 0.1) is 5.56 Å². The van der Waals surface area contributed by atoms with Crippen LogP contribution in [0.3, 0.4) is 0 Å². The lowest BCUT2D eigenvalue weighted by atomic mass is 10.1. The molecule has 0 aliphatic rings. The number of para-hydroxylation sites is 1. The zero-order chi connectivity index (χ0) is 17.6. The van der Waals surface area contributed by atoms with Crippen molar-refractivity contribution >= 4 is 10.9 Å². The minimum absolute atomic E-state index is 1.08. The Morgan fingerprint density at radius 1 is 0.880 bits per heavy atom. The van der Waals surface area contributed by atoms with Gasteiger partial charge in [0.1, 0.15) is 0 Å². The van der Waals surface area contributed by atoms with E-state index in [0.29, 0.717) is 0 Å². The molecule has 2 aromatic carbocycles. The van der Waals surface area contributed by atoms with E-state index in [1.807, 2.05) is 0 Å². The van der Waals surface area contributed by atoms with Crippen LogP contribution in [0.15, 0.2) is 48.5 Å². The lowest BCUT2D eigenvalue weighted by molar-refractivity contribution is 0.650. The second kappa shape index (κ2) is 8.08. The standard InChI is InChI=1S/C24H27N/c1-4-5-6-7-11-24-22(18-17-20-15-13-19(2)14-16-20)21-10-8-9-12-23(21)25(24)3/h8-10,12-16H,4-7,11H2,1-3H3. The molecule has 25 heavy (non-hydrogen) atoms. The third-order valence-corrected chi connectivity index (χ3v) is 4.88. The molecule has 0 bridgehead atoms. The molecule has 3 aromatic rings. The van der Waals surface area contributed by atoms with Gasteiger partial charge in [0, 0.05) is 29.2 Å². The van der Waals surface area contributed by atoms with Crippen molar-refractivity contribution < 1.29 is 0 Å². The molecule has 0 spiro atoms. The molecule has 0 aliphatic heterocycles. The first kappa shape index (κ1) is 17.4. The Labute approximate surface area is 151 Å². The summed E-state index contributed by atoms with van der Waals surface area (Å²) in [5.41, 5.74) is 6.20. The second-order valence-corrected chi connectivity index (χ2v) is 6.82. The van der Waals surface area contributed by atoms with Gasteiger partial charge in [-0.1, -0.05) is 73.9 Å². The molecule has 0 N–H and O–H groups in total. The molecule has 1 nitrogen and oxygen atoms in total. The van der Waals surface area contributed by atoms with Crippen molar-refractivity contribution in [2.45, 2.75) is 46.0 Å². The number of nitrogens with zero attached hydrogens (tertiary/aromatic N) is 1. The third kappa shape index (κ3) is 3.97. The predicted molar refractivity (Wildman–Crippen MR) is 108 cm³/mol. The molecule has 3 rings (SSSR count). The van der Waals surface area contributed by atoms with Crippen molar-refractivity contribution in [2.75, 3.05) is 0 Å². The van der Waals surface area contributed by atoms with Crippen LogP contribution in [0.1, 0.15) is 55.0 Å². The molecular formula is C24H27N. The van der Waals surface area contributed by atoms with E-state index in [0.717, 1.165) is 12.0 Å². The lowest BCUT2D eigenvalue weighted by Crippen LogP contribution is -1.98. The summed E-state index contributed by atoms with van der Waals surface area (Å²) in [6.45, 7) is 4.37. The second-order valence-electron chi connectivity index (χ2n) is 6.82. The van der Waals surface area contributed by atoms with Gasteiger partial charge in [-0.05, 0) is 38.0 Å². The van der Waals surface area contributed by atoms with Gasteiger partial charge in [-0.3, -0.25) is 0 Å². The van der Waals surface area contributed by atoms with Crippen LogP contribution in [0.4, 0.5) is 0 Å². The first-order valence-corrected chi connectivity index (χ1v) is 9.35. The van der Waals surface area contributed by atoms with Gasteiger partial charge in [0.15, 0.2) is 0 Å². The van der Waals surface area contributed by atoms with Crippen LogP contribution in [0.25, 0.3) is 10.9 Å². The summed E-state index contributed by atoms with van der Waals surface area (Å²) in [6.07, 6.45) is 6.21. The van der Waals surface area contributed by atoms with Crippen LogP contribution in [0, 0.1) is 18.8 Å². The number of fused-ring (bicyclic) bond motifs is 1. The van der Waals surface area contributed by atoms with Crippen LogP contribution in [-0.4, -0.2) is 4.57 Å². The maximum atomic E-state index is 3.48. The van der Waals surface area contributed by atoms with Crippen LogP contribution in [0.5, 0.6) is 0 Å². The number of rotatable bonds is 5. The monoisotopic (exact) mass is 329 g/mol. The van der Waals surface area contributed by atoms with Crippen molar-refractivity contribution in [1.82, 2.24) is 4.57 Å². The number of unbranched alkanes of at least 4 members (excludes halogenated alkanes) is 3. The van der Waals surface area contributed by atoms with Crippen molar-refractivity contribution in [3.8, 4) is 11.8 Å². The topological polar surface area (TPSA) is 4.93 Å². The predicted octanol–water partition coefficient (Wildman–Crippen LogP) is 6.01. The maximum absolute atomic E-state index is 3.48. The Morgan fingerprint density at radius 3 is 2.40 bits per heavy atom. The third-order valence-electron chi connectivity index (χ3n) is 4.88. The molecule has 0 saturated carbocycles. The minimum Gasteiger partial charge on any atom is -0.346 e. The normalized spacial score (nSPS) is 10.7. The Morgan fingerprint density at radius 2 is 1.64 bits per heavy atom. The Bertz CT molecular complexity index is 901. The van der Waals surface area contributed by atoms with Gasteiger partial charge in [0.2, 0.25) is 0 Å². The van der Waals surface area contributed by atoms with Gasteiger partial charge < -0.3 is 4.57 Å². The van der Waals surface area contributed by atoms with Gasteiger partial charge in [-0.15, -0.1) is 0 Å². The summed E-state index contributed by atoms with van der Waals surface area (Å²) < 4.78 is 2.33. The average molecular weight is 329 g/mol. The Hall–Kier alpha value is -2.46. The number of benzene rings is 2. The molecule has 1 aromatic heterocycles. The van der Waals surface area contributed by atoms with Gasteiger partial charge >= 0.3 is 0 Å². The molecule has 0 unspecified atom stereocenters. The fourth-order valence-electron chi connectivity index (χ4n) is 3.37. The van der Waals surface area contributed by atoms with Gasteiger partial charge in [0.25, 0.3) is 0 Å². The van der Waals surface area contributed by atoms with Crippen molar-refractivity contribution in [1.29, 1.82) is 0 Å². The summed E-state index contributed by atoms with van der Waals surface area (Å²) in [5.74, 6) is 6.86. The highest BCUT2D eigenvalue weighted by Gasteiger charge is 2.12. The number of hydrogen-bond donors (Lipinski definition) is 0. The van der Waals surface area contributed by atoms with E-state index in [1.54, 1.807) is 0 Å². The lowest BCUT2D eigenvalue weighted by Gasteiger charge is -2.05. The summed E-state index contributed by atoms with van der Waals surface area (Å²) in [5, 5.41) is 1.27. The van der Waals surface area contributed by atoms with E-state index in [-0.39, 0.29) is 0 Å². The van der Waals surface area contributed by atoms with E-state index in [1.165, 1.54) is 53.4 Å². The summed E-state index contributed by atoms with van der Waals surface area (Å²) >= 11 is 0. The van der Waals surface area contributed by atoms with E-state index < -0.39 is 0 Å². The smallest absolute Gasteiger partial charge is 0.0537 e. The highest BCUT2D eigenvalue weighted by Crippen LogP contribution is 2.26. The molecule has 128 valence electrons. The maximum Gasteiger partial charge on any atom is 0.0537 e. The molecule has 0 saturated heterocycles. The van der Waals surface area contributed by atoms with Crippen LogP contribution in [0.2, 0.25) is 0 Å². The summed E-state index contributed by atoms with van der Waals surface area (Å²) in [6, 6.07) is 17.1. The molecule has 1 heterocycles. The minimum atomic E-state index is 1.08. The van der Waals surface area contributed by atoms with Crippen molar-refractivity contribution in [3.63, 3.8) is 0 Å². The fourth-order valence-corrected chi connectivity index (χ4v) is 3.37. The average Bonchev–Trinajstić information content (AvgIpc) is 2.90. The Kier molecular flexibility index (Phi) is 5.61. The highest BCUT2D eigenvalue weighted by molar-refractivity contribution is 5.88. The molecule has 0 amide bonds. The molecule has 0 aliphatic carbocycles. The largest absolute Gasteiger partial charge is 0.346 e. The quantitative estimate of drug-likeness (QED) is 0.399. The van der Waals surface area contributed by atoms with E-state index in [2.05, 4.69) is 85.8 Å².